The largest absolute Gasteiger partial charge is 0.493 e. The molecular weight excluding hydrogens is 328 g/mol. The van der Waals surface area contributed by atoms with Gasteiger partial charge < -0.3 is 20.1 Å². The van der Waals surface area contributed by atoms with Gasteiger partial charge in [-0.15, -0.1) is 0 Å². The molecule has 2 amide bonds. The lowest BCUT2D eigenvalue weighted by molar-refractivity contribution is 0.250. The number of rotatable bonds is 4. The number of methoxy groups -OCH3 is 2. The Bertz CT molecular complexity index is 576. The van der Waals surface area contributed by atoms with Crippen molar-refractivity contribution in [1.82, 2.24) is 16.2 Å². The Morgan fingerprint density at radius 1 is 1.08 bits per heavy atom. The number of amides is 2. The van der Waals surface area contributed by atoms with Crippen molar-refractivity contribution in [2.24, 2.45) is 0 Å². The van der Waals surface area contributed by atoms with Gasteiger partial charge in [0.2, 0.25) is 0 Å². The molecule has 132 valence electrons. The molecule has 1 fully saturated rings. The summed E-state index contributed by atoms with van der Waals surface area (Å²) >= 11 is 5.19. The van der Waals surface area contributed by atoms with Gasteiger partial charge in [0.1, 0.15) is 0 Å². The van der Waals surface area contributed by atoms with E-state index in [0.717, 1.165) is 12.8 Å². The molecule has 0 unspecified atom stereocenters. The number of carbonyl (C=O) groups excluding carboxylic acids is 1. The lowest BCUT2D eigenvalue weighted by Gasteiger charge is -2.24. The van der Waals surface area contributed by atoms with Gasteiger partial charge in [-0.2, -0.15) is 0 Å². The first-order chi connectivity index (χ1) is 11.6. The van der Waals surface area contributed by atoms with E-state index < -0.39 is 6.03 Å². The quantitative estimate of drug-likeness (QED) is 0.492. The summed E-state index contributed by atoms with van der Waals surface area (Å²) in [6.45, 7) is 0. The van der Waals surface area contributed by atoms with Crippen molar-refractivity contribution in [3.05, 3.63) is 18.2 Å². The third-order valence-electron chi connectivity index (χ3n) is 3.87. The van der Waals surface area contributed by atoms with Crippen molar-refractivity contribution in [1.29, 1.82) is 0 Å². The molecule has 4 N–H and O–H groups in total. The molecule has 0 saturated heterocycles. The summed E-state index contributed by atoms with van der Waals surface area (Å²) in [7, 11) is 3.10. The molecule has 0 heterocycles. The smallest absolute Gasteiger partial charge is 0.337 e. The number of carbonyl (C=O) groups is 1. The molecule has 0 atom stereocenters. The van der Waals surface area contributed by atoms with Gasteiger partial charge in [0.25, 0.3) is 0 Å². The fraction of sp³-hybridized carbons (Fsp3) is 0.500. The first kappa shape index (κ1) is 18.1. The number of hydrogen-bond acceptors (Lipinski definition) is 4. The second-order valence-corrected chi connectivity index (χ2v) is 5.99. The average molecular weight is 352 g/mol. The first-order valence-corrected chi connectivity index (χ1v) is 8.38. The number of nitrogens with one attached hydrogen (secondary N) is 4. The fourth-order valence-electron chi connectivity index (χ4n) is 2.66. The fourth-order valence-corrected chi connectivity index (χ4v) is 2.88. The maximum atomic E-state index is 11.9. The first-order valence-electron chi connectivity index (χ1n) is 7.98. The van der Waals surface area contributed by atoms with Gasteiger partial charge in [-0.25, -0.2) is 10.2 Å². The SMILES string of the molecule is COc1ccc(NC(=O)NNC(=S)NC2CCCCC2)cc1OC. The van der Waals surface area contributed by atoms with E-state index in [1.807, 2.05) is 0 Å². The number of thiocarbonyl (C=S) groups is 1. The second kappa shape index (κ2) is 9.17. The predicted octanol–water partition coefficient (Wildman–Crippen LogP) is 2.54. The summed E-state index contributed by atoms with van der Waals surface area (Å²) in [4.78, 5) is 11.9. The minimum atomic E-state index is -0.421. The Kier molecular flexibility index (Phi) is 6.92. The van der Waals surface area contributed by atoms with Crippen LogP contribution in [0.2, 0.25) is 0 Å². The van der Waals surface area contributed by atoms with Crippen molar-refractivity contribution >= 4 is 29.0 Å². The molecule has 1 saturated carbocycles. The monoisotopic (exact) mass is 352 g/mol. The normalized spacial score (nSPS) is 14.4. The molecule has 0 spiro atoms. The van der Waals surface area contributed by atoms with E-state index in [4.69, 9.17) is 21.7 Å². The minimum absolute atomic E-state index is 0.384. The molecule has 0 bridgehead atoms. The standard InChI is InChI=1S/C16H24N4O3S/c1-22-13-9-8-12(10-14(13)23-2)17-15(21)19-20-16(24)18-11-6-4-3-5-7-11/h8-11H,3-7H2,1-2H3,(H2,17,19,21)(H2,18,20,24). The highest BCUT2D eigenvalue weighted by molar-refractivity contribution is 7.80. The zero-order chi connectivity index (χ0) is 17.4. The molecule has 8 heteroatoms. The van der Waals surface area contributed by atoms with Crippen LogP contribution >= 0.6 is 12.2 Å². The molecule has 1 aromatic rings. The van der Waals surface area contributed by atoms with Gasteiger partial charge in [0.15, 0.2) is 16.6 Å². The van der Waals surface area contributed by atoms with Crippen LogP contribution in [-0.2, 0) is 0 Å². The summed E-state index contributed by atoms with van der Waals surface area (Å²) in [5.41, 5.74) is 5.80. The van der Waals surface area contributed by atoms with E-state index in [2.05, 4.69) is 21.5 Å². The van der Waals surface area contributed by atoms with Crippen LogP contribution in [0.15, 0.2) is 18.2 Å². The van der Waals surface area contributed by atoms with Crippen LogP contribution in [0.3, 0.4) is 0 Å². The van der Waals surface area contributed by atoms with Crippen LogP contribution in [0.5, 0.6) is 11.5 Å². The molecule has 1 aliphatic rings. The van der Waals surface area contributed by atoms with Crippen molar-refractivity contribution in [3.8, 4) is 11.5 Å². The van der Waals surface area contributed by atoms with Gasteiger partial charge in [-0.05, 0) is 37.2 Å². The topological polar surface area (TPSA) is 83.7 Å². The Labute approximate surface area is 147 Å². The Morgan fingerprint density at radius 2 is 1.79 bits per heavy atom. The third-order valence-corrected chi connectivity index (χ3v) is 4.09. The Morgan fingerprint density at radius 3 is 2.46 bits per heavy atom. The maximum absolute atomic E-state index is 11.9. The van der Waals surface area contributed by atoms with Gasteiger partial charge in [-0.3, -0.25) is 5.43 Å². The molecule has 0 aliphatic heterocycles. The molecule has 0 aromatic heterocycles. The van der Waals surface area contributed by atoms with Crippen LogP contribution < -0.4 is 31.0 Å². The average Bonchev–Trinajstić information content (AvgIpc) is 2.60. The van der Waals surface area contributed by atoms with Gasteiger partial charge in [0, 0.05) is 17.8 Å². The van der Waals surface area contributed by atoms with Crippen LogP contribution in [0.1, 0.15) is 32.1 Å². The van der Waals surface area contributed by atoms with Crippen LogP contribution in [0, 0.1) is 0 Å². The van der Waals surface area contributed by atoms with Gasteiger partial charge in [-0.1, -0.05) is 19.3 Å². The number of hydrazine groups is 1. The summed E-state index contributed by atoms with van der Waals surface area (Å²) in [5, 5.41) is 6.32. The van der Waals surface area contributed by atoms with Crippen LogP contribution in [0.25, 0.3) is 0 Å². The maximum Gasteiger partial charge on any atom is 0.337 e. The summed E-state index contributed by atoms with van der Waals surface area (Å²) in [5.74, 6) is 1.14. The Hall–Kier alpha value is -2.22. The molecule has 1 aliphatic carbocycles. The lowest BCUT2D eigenvalue weighted by atomic mass is 9.96. The zero-order valence-electron chi connectivity index (χ0n) is 14.0. The van der Waals surface area contributed by atoms with E-state index in [-0.39, 0.29) is 0 Å². The second-order valence-electron chi connectivity index (χ2n) is 5.58. The highest BCUT2D eigenvalue weighted by Crippen LogP contribution is 2.29. The summed E-state index contributed by atoms with van der Waals surface area (Å²) < 4.78 is 10.4. The van der Waals surface area contributed by atoms with Crippen LogP contribution in [-0.4, -0.2) is 31.4 Å². The molecule has 2 rings (SSSR count). The van der Waals surface area contributed by atoms with Crippen LogP contribution in [0.4, 0.5) is 10.5 Å². The number of urea groups is 1. The summed E-state index contributed by atoms with van der Waals surface area (Å²) in [6, 6.07) is 5.08. The third kappa shape index (κ3) is 5.45. The molecular formula is C16H24N4O3S. The van der Waals surface area contributed by atoms with Gasteiger partial charge in [0.05, 0.1) is 14.2 Å². The van der Waals surface area contributed by atoms with Crippen molar-refractivity contribution in [2.75, 3.05) is 19.5 Å². The van der Waals surface area contributed by atoms with E-state index >= 15 is 0 Å². The van der Waals surface area contributed by atoms with E-state index in [1.165, 1.54) is 19.3 Å². The lowest BCUT2D eigenvalue weighted by Crippen LogP contribution is -2.51. The molecule has 0 radical (unpaired) electrons. The highest BCUT2D eigenvalue weighted by atomic mass is 32.1. The number of ether oxygens (including phenoxy) is 2. The van der Waals surface area contributed by atoms with Crippen molar-refractivity contribution in [2.45, 2.75) is 38.1 Å². The highest BCUT2D eigenvalue weighted by Gasteiger charge is 2.14. The number of benzene rings is 1. The van der Waals surface area contributed by atoms with Crippen molar-refractivity contribution < 1.29 is 14.3 Å². The minimum Gasteiger partial charge on any atom is -0.493 e. The molecule has 7 nitrogen and oxygen atoms in total. The van der Waals surface area contributed by atoms with Crippen molar-refractivity contribution in [3.63, 3.8) is 0 Å². The predicted molar refractivity (Wildman–Crippen MR) is 97.4 cm³/mol. The molecule has 1 aromatic carbocycles. The van der Waals surface area contributed by atoms with E-state index in [9.17, 15) is 4.79 Å². The molecule has 24 heavy (non-hydrogen) atoms. The number of anilines is 1. The Balaban J connectivity index is 1.77. The van der Waals surface area contributed by atoms with E-state index in [1.54, 1.807) is 32.4 Å². The summed E-state index contributed by atoms with van der Waals surface area (Å²) in [6.07, 6.45) is 5.94. The van der Waals surface area contributed by atoms with Gasteiger partial charge >= 0.3 is 6.03 Å². The number of hydrogen-bond donors (Lipinski definition) is 4. The van der Waals surface area contributed by atoms with E-state index in [0.29, 0.717) is 28.3 Å². The zero-order valence-corrected chi connectivity index (χ0v) is 14.8.